The van der Waals surface area contributed by atoms with Gasteiger partial charge in [-0.05, 0) is 25.1 Å². The third-order valence-corrected chi connectivity index (χ3v) is 2.96. The molecule has 0 saturated carbocycles. The Labute approximate surface area is 131 Å². The number of nitrogens with zero attached hydrogens (tertiary/aromatic N) is 1. The van der Waals surface area contributed by atoms with Crippen molar-refractivity contribution in [3.05, 3.63) is 64.3 Å². The Morgan fingerprint density at radius 3 is 2.70 bits per heavy atom. The zero-order valence-electron chi connectivity index (χ0n) is 12.4. The molecule has 1 aromatic heterocycles. The van der Waals surface area contributed by atoms with Gasteiger partial charge in [0, 0.05) is 12.3 Å². The number of amides is 1. The molecule has 1 aromatic carbocycles. The van der Waals surface area contributed by atoms with E-state index in [1.807, 2.05) is 0 Å². The molecule has 7 heteroatoms. The van der Waals surface area contributed by atoms with Crippen molar-refractivity contribution in [2.24, 2.45) is 0 Å². The van der Waals surface area contributed by atoms with Crippen LogP contribution < -0.4 is 10.9 Å². The number of ether oxygens (including phenoxy) is 1. The van der Waals surface area contributed by atoms with E-state index < -0.39 is 23.3 Å². The van der Waals surface area contributed by atoms with E-state index in [2.05, 4.69) is 5.32 Å². The van der Waals surface area contributed by atoms with Gasteiger partial charge in [0.15, 0.2) is 0 Å². The largest absolute Gasteiger partial charge is 0.462 e. The van der Waals surface area contributed by atoms with Crippen molar-refractivity contribution in [2.75, 3.05) is 11.9 Å². The number of hydrogen-bond donors (Lipinski definition) is 1. The number of carbonyl (C=O) groups excluding carboxylic acids is 2. The number of halogens is 1. The number of rotatable bonds is 5. The minimum atomic E-state index is -0.621. The number of benzene rings is 1. The number of anilines is 1. The van der Waals surface area contributed by atoms with Gasteiger partial charge in [-0.25, -0.2) is 9.18 Å². The molecular formula is C16H15FN2O4. The van der Waals surface area contributed by atoms with Crippen LogP contribution in [0.1, 0.15) is 17.3 Å². The Bertz CT molecular complexity index is 786. The van der Waals surface area contributed by atoms with Crippen LogP contribution in [0.2, 0.25) is 0 Å². The molecule has 0 unspecified atom stereocenters. The Morgan fingerprint density at radius 1 is 1.22 bits per heavy atom. The molecule has 2 rings (SSSR count). The fraction of sp³-hybridized carbons (Fsp3) is 0.188. The highest BCUT2D eigenvalue weighted by molar-refractivity contribution is 6.01. The fourth-order valence-electron chi connectivity index (χ4n) is 1.95. The van der Waals surface area contributed by atoms with Crippen molar-refractivity contribution in [1.29, 1.82) is 0 Å². The van der Waals surface area contributed by atoms with Gasteiger partial charge in [0.05, 0.1) is 17.9 Å². The molecule has 1 amide bonds. The zero-order valence-corrected chi connectivity index (χ0v) is 12.4. The second kappa shape index (κ2) is 7.35. The summed E-state index contributed by atoms with van der Waals surface area (Å²) < 4.78 is 19.0. The third-order valence-electron chi connectivity index (χ3n) is 2.96. The molecule has 0 saturated heterocycles. The summed E-state index contributed by atoms with van der Waals surface area (Å²) in [5.74, 6) is -1.75. The van der Waals surface area contributed by atoms with Gasteiger partial charge in [-0.1, -0.05) is 12.1 Å². The summed E-state index contributed by atoms with van der Waals surface area (Å²) in [4.78, 5) is 35.4. The Hall–Kier alpha value is -2.96. The highest BCUT2D eigenvalue weighted by Gasteiger charge is 2.14. The van der Waals surface area contributed by atoms with E-state index in [0.717, 1.165) is 22.9 Å². The van der Waals surface area contributed by atoms with Gasteiger partial charge in [-0.2, -0.15) is 0 Å². The van der Waals surface area contributed by atoms with Gasteiger partial charge >= 0.3 is 5.97 Å². The van der Waals surface area contributed by atoms with Gasteiger partial charge in [-0.15, -0.1) is 0 Å². The van der Waals surface area contributed by atoms with Gasteiger partial charge in [0.2, 0.25) is 5.91 Å². The van der Waals surface area contributed by atoms with Gasteiger partial charge in [0.1, 0.15) is 12.4 Å². The summed E-state index contributed by atoms with van der Waals surface area (Å²) in [6, 6.07) is 8.40. The van der Waals surface area contributed by atoms with Crippen molar-refractivity contribution in [3.8, 4) is 0 Å². The lowest BCUT2D eigenvalue weighted by Crippen LogP contribution is -2.27. The molecule has 1 heterocycles. The SMILES string of the molecule is CCOC(=O)c1ccccc1NC(=O)Cn1cc(F)ccc1=O. The molecule has 23 heavy (non-hydrogen) atoms. The van der Waals surface area contributed by atoms with Crippen LogP contribution in [0.4, 0.5) is 10.1 Å². The topological polar surface area (TPSA) is 77.4 Å². The van der Waals surface area contributed by atoms with Gasteiger partial charge in [-0.3, -0.25) is 9.59 Å². The van der Waals surface area contributed by atoms with Crippen LogP contribution in [-0.4, -0.2) is 23.1 Å². The lowest BCUT2D eigenvalue weighted by molar-refractivity contribution is -0.116. The van der Waals surface area contributed by atoms with Crippen molar-refractivity contribution < 1.29 is 18.7 Å². The molecule has 0 aliphatic heterocycles. The lowest BCUT2D eigenvalue weighted by atomic mass is 10.2. The molecule has 0 aliphatic rings. The van der Waals surface area contributed by atoms with Crippen LogP contribution in [-0.2, 0) is 16.1 Å². The lowest BCUT2D eigenvalue weighted by Gasteiger charge is -2.11. The molecule has 0 bridgehead atoms. The summed E-state index contributed by atoms with van der Waals surface area (Å²) >= 11 is 0. The predicted octanol–water partition coefficient (Wildman–Crippen LogP) is 1.80. The van der Waals surface area contributed by atoms with E-state index >= 15 is 0 Å². The fourth-order valence-corrected chi connectivity index (χ4v) is 1.95. The third kappa shape index (κ3) is 4.26. The average Bonchev–Trinajstić information content (AvgIpc) is 2.51. The molecule has 1 N–H and O–H groups in total. The number of nitrogens with one attached hydrogen (secondary N) is 1. The maximum Gasteiger partial charge on any atom is 0.340 e. The van der Waals surface area contributed by atoms with E-state index in [1.165, 1.54) is 6.07 Å². The van der Waals surface area contributed by atoms with Gasteiger partial charge in [0.25, 0.3) is 5.56 Å². The average molecular weight is 318 g/mol. The van der Waals surface area contributed by atoms with E-state index in [9.17, 15) is 18.8 Å². The summed E-state index contributed by atoms with van der Waals surface area (Å²) in [5, 5.41) is 2.52. The summed E-state index contributed by atoms with van der Waals surface area (Å²) in [7, 11) is 0. The van der Waals surface area contributed by atoms with Crippen LogP contribution >= 0.6 is 0 Å². The molecule has 120 valence electrons. The van der Waals surface area contributed by atoms with Crippen LogP contribution in [0.3, 0.4) is 0 Å². The molecule has 6 nitrogen and oxygen atoms in total. The van der Waals surface area contributed by atoms with Crippen LogP contribution in [0.25, 0.3) is 0 Å². The molecule has 0 radical (unpaired) electrons. The van der Waals surface area contributed by atoms with Crippen LogP contribution in [0.5, 0.6) is 0 Å². The zero-order chi connectivity index (χ0) is 16.8. The monoisotopic (exact) mass is 318 g/mol. The number of pyridine rings is 1. The molecule has 0 fully saturated rings. The van der Waals surface area contributed by atoms with E-state index in [0.29, 0.717) is 0 Å². The molecule has 0 aliphatic carbocycles. The maximum atomic E-state index is 13.1. The smallest absolute Gasteiger partial charge is 0.340 e. The minimum Gasteiger partial charge on any atom is -0.462 e. The van der Waals surface area contributed by atoms with Gasteiger partial charge < -0.3 is 14.6 Å². The highest BCUT2D eigenvalue weighted by Crippen LogP contribution is 2.16. The number of carbonyl (C=O) groups is 2. The highest BCUT2D eigenvalue weighted by atomic mass is 19.1. The summed E-state index contributed by atoms with van der Waals surface area (Å²) in [6.07, 6.45) is 0.944. The molecule has 0 spiro atoms. The summed E-state index contributed by atoms with van der Waals surface area (Å²) in [6.45, 7) is 1.52. The first kappa shape index (κ1) is 16.4. The number of para-hydroxylation sites is 1. The Kier molecular flexibility index (Phi) is 5.24. The second-order valence-corrected chi connectivity index (χ2v) is 4.63. The first-order valence-electron chi connectivity index (χ1n) is 6.93. The van der Waals surface area contributed by atoms with Crippen LogP contribution in [0.15, 0.2) is 47.4 Å². The molecule has 2 aromatic rings. The number of esters is 1. The normalized spacial score (nSPS) is 10.2. The Morgan fingerprint density at radius 2 is 1.96 bits per heavy atom. The standard InChI is InChI=1S/C16H15FN2O4/c1-2-23-16(22)12-5-3-4-6-13(12)18-14(20)10-19-9-11(17)7-8-15(19)21/h3-9H,2,10H2,1H3,(H,18,20). The number of aromatic nitrogens is 1. The predicted molar refractivity (Wildman–Crippen MR) is 81.7 cm³/mol. The Balaban J connectivity index is 2.16. The minimum absolute atomic E-state index is 0.203. The van der Waals surface area contributed by atoms with Crippen molar-refractivity contribution >= 4 is 17.6 Å². The quantitative estimate of drug-likeness (QED) is 0.853. The van der Waals surface area contributed by atoms with Crippen molar-refractivity contribution in [3.63, 3.8) is 0 Å². The maximum absolute atomic E-state index is 13.1. The number of hydrogen-bond acceptors (Lipinski definition) is 4. The van der Waals surface area contributed by atoms with Crippen LogP contribution in [0, 0.1) is 5.82 Å². The molecule has 0 atom stereocenters. The first-order valence-corrected chi connectivity index (χ1v) is 6.93. The first-order chi connectivity index (χ1) is 11.0. The van der Waals surface area contributed by atoms with Crippen molar-refractivity contribution in [2.45, 2.75) is 13.5 Å². The van der Waals surface area contributed by atoms with E-state index in [1.54, 1.807) is 25.1 Å². The van der Waals surface area contributed by atoms with E-state index in [4.69, 9.17) is 4.74 Å². The summed E-state index contributed by atoms with van der Waals surface area (Å²) in [5.41, 5.74) is -0.0325. The van der Waals surface area contributed by atoms with E-state index in [-0.39, 0.29) is 24.4 Å². The second-order valence-electron chi connectivity index (χ2n) is 4.63. The molecular weight excluding hydrogens is 303 g/mol. The van der Waals surface area contributed by atoms with Crippen molar-refractivity contribution in [1.82, 2.24) is 4.57 Å².